The van der Waals surface area contributed by atoms with Crippen LogP contribution in [0.5, 0.6) is 0 Å². The number of carbonyl (C=O) groups excluding carboxylic acids is 1. The summed E-state index contributed by atoms with van der Waals surface area (Å²) in [5, 5.41) is 14.8. The average Bonchev–Trinajstić information content (AvgIpc) is 3.22. The van der Waals surface area contributed by atoms with Gasteiger partial charge in [0.05, 0.1) is 18.1 Å². The third kappa shape index (κ3) is 4.25. The van der Waals surface area contributed by atoms with E-state index in [1.807, 2.05) is 0 Å². The molecule has 0 bridgehead atoms. The highest BCUT2D eigenvalue weighted by atomic mass is 19.4. The van der Waals surface area contributed by atoms with Crippen molar-refractivity contribution in [2.24, 2.45) is 11.8 Å². The molecule has 0 aliphatic heterocycles. The van der Waals surface area contributed by atoms with E-state index in [2.05, 4.69) is 10.6 Å². The molecule has 122 valence electrons. The molecule has 2 aliphatic carbocycles. The Kier molecular flexibility index (Phi) is 4.70. The van der Waals surface area contributed by atoms with E-state index in [1.165, 1.54) is 0 Å². The Balaban J connectivity index is 1.84. The summed E-state index contributed by atoms with van der Waals surface area (Å²) in [5.41, 5.74) is -0.678. The highest BCUT2D eigenvalue weighted by Crippen LogP contribution is 2.39. The topological polar surface area (TPSA) is 61.4 Å². The summed E-state index contributed by atoms with van der Waals surface area (Å²) in [5.74, 6) is -1.08. The molecule has 0 aromatic rings. The van der Waals surface area contributed by atoms with E-state index in [9.17, 15) is 23.1 Å². The molecule has 0 aromatic heterocycles. The Morgan fingerprint density at radius 1 is 1.19 bits per heavy atom. The molecule has 3 atom stereocenters. The summed E-state index contributed by atoms with van der Waals surface area (Å²) in [7, 11) is 0. The number of urea groups is 1. The van der Waals surface area contributed by atoms with E-state index in [4.69, 9.17) is 0 Å². The minimum Gasteiger partial charge on any atom is -0.394 e. The van der Waals surface area contributed by atoms with Crippen molar-refractivity contribution in [2.75, 3.05) is 6.61 Å². The van der Waals surface area contributed by atoms with E-state index >= 15 is 0 Å². The zero-order valence-electron chi connectivity index (χ0n) is 12.2. The lowest BCUT2D eigenvalue weighted by molar-refractivity contribution is -0.183. The first-order chi connectivity index (χ1) is 9.74. The van der Waals surface area contributed by atoms with Gasteiger partial charge in [-0.1, -0.05) is 6.42 Å². The number of rotatable bonds is 4. The Bertz CT molecular complexity index is 385. The van der Waals surface area contributed by atoms with Crippen LogP contribution in [-0.4, -0.2) is 35.5 Å². The zero-order valence-corrected chi connectivity index (χ0v) is 12.2. The lowest BCUT2D eigenvalue weighted by Crippen LogP contribution is -2.56. The van der Waals surface area contributed by atoms with Crippen molar-refractivity contribution in [2.45, 2.75) is 63.2 Å². The van der Waals surface area contributed by atoms with Crippen LogP contribution in [0.4, 0.5) is 18.0 Å². The van der Waals surface area contributed by atoms with Crippen LogP contribution in [0.2, 0.25) is 0 Å². The first kappa shape index (κ1) is 16.4. The molecular formula is C14H23F3N2O2. The first-order valence-electron chi connectivity index (χ1n) is 7.51. The van der Waals surface area contributed by atoms with Crippen LogP contribution in [0.3, 0.4) is 0 Å². The molecule has 2 amide bonds. The zero-order chi connectivity index (χ0) is 15.7. The second-order valence-electron chi connectivity index (χ2n) is 6.55. The van der Waals surface area contributed by atoms with Crippen molar-refractivity contribution < 1.29 is 23.1 Å². The van der Waals surface area contributed by atoms with Gasteiger partial charge in [0.2, 0.25) is 0 Å². The van der Waals surface area contributed by atoms with Crippen molar-refractivity contribution in [3.63, 3.8) is 0 Å². The minimum atomic E-state index is -4.19. The summed E-state index contributed by atoms with van der Waals surface area (Å²) in [6.45, 7) is 1.60. The molecule has 3 N–H and O–H groups in total. The number of hydrogen-bond acceptors (Lipinski definition) is 2. The van der Waals surface area contributed by atoms with Gasteiger partial charge in [-0.05, 0) is 44.9 Å². The van der Waals surface area contributed by atoms with Gasteiger partial charge in [-0.25, -0.2) is 4.79 Å². The van der Waals surface area contributed by atoms with E-state index in [-0.39, 0.29) is 25.4 Å². The van der Waals surface area contributed by atoms with E-state index < -0.39 is 29.7 Å². The molecule has 0 radical (unpaired) electrons. The molecule has 0 saturated heterocycles. The molecule has 7 heteroatoms. The van der Waals surface area contributed by atoms with Gasteiger partial charge in [0, 0.05) is 6.04 Å². The number of nitrogens with one attached hydrogen (secondary N) is 2. The first-order valence-corrected chi connectivity index (χ1v) is 7.51. The van der Waals surface area contributed by atoms with Crippen LogP contribution in [0.1, 0.15) is 45.4 Å². The second-order valence-corrected chi connectivity index (χ2v) is 6.55. The number of carbonyl (C=O) groups is 1. The van der Waals surface area contributed by atoms with E-state index in [0.717, 1.165) is 12.8 Å². The molecule has 2 rings (SSSR count). The van der Waals surface area contributed by atoms with Crippen LogP contribution in [-0.2, 0) is 0 Å². The maximum Gasteiger partial charge on any atom is 0.391 e. The number of alkyl halides is 3. The molecule has 2 fully saturated rings. The predicted molar refractivity (Wildman–Crippen MR) is 71.7 cm³/mol. The number of hydrogen-bond donors (Lipinski definition) is 3. The van der Waals surface area contributed by atoms with Gasteiger partial charge in [0.1, 0.15) is 0 Å². The Hall–Kier alpha value is -0.980. The largest absolute Gasteiger partial charge is 0.394 e. The maximum atomic E-state index is 12.7. The highest BCUT2D eigenvalue weighted by Gasteiger charge is 2.44. The summed E-state index contributed by atoms with van der Waals surface area (Å²) in [6, 6.07) is -0.932. The van der Waals surface area contributed by atoms with Crippen LogP contribution in [0.25, 0.3) is 0 Å². The SMILES string of the molecule is CC(CO)(NC(=O)NC1CCCC(C(F)(F)F)C1)C1CC1. The normalized spacial score (nSPS) is 29.6. The fraction of sp³-hybridized carbons (Fsp3) is 0.929. The van der Waals surface area contributed by atoms with Crippen LogP contribution in [0, 0.1) is 11.8 Å². The minimum absolute atomic E-state index is 0.0593. The van der Waals surface area contributed by atoms with Gasteiger partial charge < -0.3 is 15.7 Å². The van der Waals surface area contributed by atoms with Gasteiger partial charge in [0.25, 0.3) is 0 Å². The van der Waals surface area contributed by atoms with Crippen LogP contribution >= 0.6 is 0 Å². The molecule has 2 saturated carbocycles. The Morgan fingerprint density at radius 2 is 1.86 bits per heavy atom. The summed E-state index contributed by atoms with van der Waals surface area (Å²) >= 11 is 0. The maximum absolute atomic E-state index is 12.7. The highest BCUT2D eigenvalue weighted by molar-refractivity contribution is 5.75. The molecule has 2 aliphatic rings. The van der Waals surface area contributed by atoms with Crippen molar-refractivity contribution in [1.29, 1.82) is 0 Å². The standard InChI is InChI=1S/C14H23F3N2O2/c1-13(8-20,9-5-6-9)19-12(21)18-11-4-2-3-10(7-11)14(15,16)17/h9-11,20H,2-8H2,1H3,(H2,18,19,21). The van der Waals surface area contributed by atoms with E-state index in [0.29, 0.717) is 12.8 Å². The molecule has 0 spiro atoms. The van der Waals surface area contributed by atoms with Gasteiger partial charge >= 0.3 is 12.2 Å². The van der Waals surface area contributed by atoms with E-state index in [1.54, 1.807) is 6.92 Å². The van der Waals surface area contributed by atoms with Crippen LogP contribution in [0.15, 0.2) is 0 Å². The third-order valence-corrected chi connectivity index (χ3v) is 4.68. The van der Waals surface area contributed by atoms with Crippen molar-refractivity contribution in [3.05, 3.63) is 0 Å². The fourth-order valence-corrected chi connectivity index (χ4v) is 3.09. The van der Waals surface area contributed by atoms with Gasteiger partial charge in [-0.2, -0.15) is 13.2 Å². The smallest absolute Gasteiger partial charge is 0.391 e. The van der Waals surface area contributed by atoms with Gasteiger partial charge in [-0.15, -0.1) is 0 Å². The quantitative estimate of drug-likeness (QED) is 0.747. The molecular weight excluding hydrogens is 285 g/mol. The van der Waals surface area contributed by atoms with Gasteiger partial charge in [0.15, 0.2) is 0 Å². The number of aliphatic hydroxyl groups excluding tert-OH is 1. The Labute approximate surface area is 122 Å². The monoisotopic (exact) mass is 308 g/mol. The van der Waals surface area contributed by atoms with Crippen LogP contribution < -0.4 is 10.6 Å². The summed E-state index contributed by atoms with van der Waals surface area (Å²) in [4.78, 5) is 12.0. The number of amides is 2. The van der Waals surface area contributed by atoms with Gasteiger partial charge in [-0.3, -0.25) is 0 Å². The predicted octanol–water partition coefficient (Wildman–Crippen LogP) is 2.57. The molecule has 3 unspecified atom stereocenters. The Morgan fingerprint density at radius 3 is 2.38 bits per heavy atom. The summed E-state index contributed by atoms with van der Waals surface area (Å²) < 4.78 is 38.2. The number of halogens is 3. The molecule has 21 heavy (non-hydrogen) atoms. The molecule has 0 aromatic carbocycles. The third-order valence-electron chi connectivity index (χ3n) is 4.68. The molecule has 4 nitrogen and oxygen atoms in total. The number of aliphatic hydroxyl groups is 1. The van der Waals surface area contributed by atoms with Crippen molar-refractivity contribution in [3.8, 4) is 0 Å². The summed E-state index contributed by atoms with van der Waals surface area (Å²) in [6.07, 6.45) is -1.16. The lowest BCUT2D eigenvalue weighted by atomic mass is 9.85. The lowest BCUT2D eigenvalue weighted by Gasteiger charge is -2.33. The van der Waals surface area contributed by atoms with Crippen molar-refractivity contribution >= 4 is 6.03 Å². The van der Waals surface area contributed by atoms with Crippen molar-refractivity contribution in [1.82, 2.24) is 10.6 Å². The second kappa shape index (κ2) is 6.02. The fourth-order valence-electron chi connectivity index (χ4n) is 3.09. The molecule has 0 heterocycles. The average molecular weight is 308 g/mol.